The number of nitrogens with zero attached hydrogens (tertiary/aromatic N) is 2. The van der Waals surface area contributed by atoms with Gasteiger partial charge in [-0.2, -0.15) is 5.10 Å². The maximum Gasteiger partial charge on any atom is 0.320 e. The van der Waals surface area contributed by atoms with E-state index in [9.17, 15) is 13.2 Å². The highest BCUT2D eigenvalue weighted by Crippen LogP contribution is 2.07. The van der Waals surface area contributed by atoms with Gasteiger partial charge in [-0.05, 0) is 0 Å². The van der Waals surface area contributed by atoms with Crippen LogP contribution in [0.25, 0.3) is 0 Å². The van der Waals surface area contributed by atoms with Crippen LogP contribution in [0.15, 0.2) is 12.4 Å². The number of anilines is 1. The summed E-state index contributed by atoms with van der Waals surface area (Å²) >= 11 is 0. The summed E-state index contributed by atoms with van der Waals surface area (Å²) in [5.74, 6) is -2.39. The number of carboxylic acid groups (broad SMARTS) is 1. The number of methoxy groups -OCH3 is 1. The molecule has 0 aliphatic rings. The third-order valence-electron chi connectivity index (χ3n) is 1.74. The molecule has 96 valence electrons. The fraction of sp³-hybridized carbons (Fsp3) is 0.500. The van der Waals surface area contributed by atoms with Crippen molar-refractivity contribution in [2.75, 3.05) is 24.2 Å². The highest BCUT2D eigenvalue weighted by molar-refractivity contribution is 7.93. The Balaban J connectivity index is 2.62. The summed E-state index contributed by atoms with van der Waals surface area (Å²) in [5, 5.41) is 12.3. The quantitative estimate of drug-likeness (QED) is 0.676. The molecule has 1 aromatic rings. The highest BCUT2D eigenvalue weighted by Gasteiger charge is 2.16. The molecule has 0 fully saturated rings. The number of aliphatic carboxylic acids is 1. The molecule has 0 bridgehead atoms. The van der Waals surface area contributed by atoms with E-state index in [1.165, 1.54) is 17.1 Å². The van der Waals surface area contributed by atoms with Gasteiger partial charge in [-0.3, -0.25) is 14.2 Å². The molecule has 0 aliphatic carbocycles. The molecule has 17 heavy (non-hydrogen) atoms. The fourth-order valence-electron chi connectivity index (χ4n) is 1.10. The van der Waals surface area contributed by atoms with Crippen LogP contribution >= 0.6 is 0 Å². The third-order valence-corrected chi connectivity index (χ3v) is 2.92. The monoisotopic (exact) mass is 263 g/mol. The summed E-state index contributed by atoms with van der Waals surface area (Å²) in [7, 11) is -2.33. The number of carbonyl (C=O) groups is 1. The molecule has 0 atom stereocenters. The summed E-state index contributed by atoms with van der Waals surface area (Å²) in [6, 6.07) is 0. The van der Waals surface area contributed by atoms with Crippen molar-refractivity contribution in [2.45, 2.75) is 6.54 Å². The molecule has 0 amide bonds. The number of rotatable bonds is 7. The lowest BCUT2D eigenvalue weighted by Crippen LogP contribution is -2.22. The van der Waals surface area contributed by atoms with Crippen molar-refractivity contribution in [1.29, 1.82) is 0 Å². The molecular formula is C8H13N3O5S. The van der Waals surface area contributed by atoms with Gasteiger partial charge in [0.25, 0.3) is 0 Å². The van der Waals surface area contributed by atoms with Gasteiger partial charge in [0.15, 0.2) is 5.75 Å². The van der Waals surface area contributed by atoms with Crippen molar-refractivity contribution < 1.29 is 23.1 Å². The number of nitrogens with one attached hydrogen (secondary N) is 1. The van der Waals surface area contributed by atoms with Gasteiger partial charge in [0, 0.05) is 13.3 Å². The molecule has 0 saturated heterocycles. The fourth-order valence-corrected chi connectivity index (χ4v) is 1.96. The van der Waals surface area contributed by atoms with E-state index in [1.807, 2.05) is 0 Å². The number of carboxylic acids is 1. The minimum atomic E-state index is -3.88. The van der Waals surface area contributed by atoms with Crippen LogP contribution in [0.4, 0.5) is 5.69 Å². The van der Waals surface area contributed by atoms with E-state index >= 15 is 0 Å². The van der Waals surface area contributed by atoms with Crippen LogP contribution in [-0.2, 0) is 26.1 Å². The zero-order valence-corrected chi connectivity index (χ0v) is 9.98. The molecule has 2 N–H and O–H groups in total. The Morgan fingerprint density at radius 3 is 2.94 bits per heavy atom. The van der Waals surface area contributed by atoms with Gasteiger partial charge in [-0.1, -0.05) is 0 Å². The van der Waals surface area contributed by atoms with Gasteiger partial charge in [-0.15, -0.1) is 0 Å². The third kappa shape index (κ3) is 4.83. The number of aromatic nitrogens is 2. The van der Waals surface area contributed by atoms with E-state index in [1.54, 1.807) is 7.11 Å². The van der Waals surface area contributed by atoms with Crippen LogP contribution in [0, 0.1) is 0 Å². The molecule has 0 aliphatic heterocycles. The molecule has 0 radical (unpaired) electrons. The molecule has 1 aromatic heterocycles. The summed E-state index contributed by atoms with van der Waals surface area (Å²) in [6.07, 6.45) is 2.76. The van der Waals surface area contributed by atoms with E-state index in [0.29, 0.717) is 13.2 Å². The molecule has 0 unspecified atom stereocenters. The zero-order valence-electron chi connectivity index (χ0n) is 9.16. The Morgan fingerprint density at radius 2 is 2.35 bits per heavy atom. The topological polar surface area (TPSA) is 111 Å². The second-order valence-electron chi connectivity index (χ2n) is 3.24. The molecule has 9 heteroatoms. The first kappa shape index (κ1) is 13.5. The van der Waals surface area contributed by atoms with Crippen LogP contribution in [0.2, 0.25) is 0 Å². The number of sulfonamides is 1. The Bertz CT molecular complexity index is 481. The van der Waals surface area contributed by atoms with Crippen LogP contribution in [0.3, 0.4) is 0 Å². The van der Waals surface area contributed by atoms with Gasteiger partial charge in [0.1, 0.15) is 0 Å². The van der Waals surface area contributed by atoms with E-state index < -0.39 is 21.7 Å². The van der Waals surface area contributed by atoms with Gasteiger partial charge < -0.3 is 9.84 Å². The molecule has 0 saturated carbocycles. The summed E-state index contributed by atoms with van der Waals surface area (Å²) in [5.41, 5.74) is 0.224. The highest BCUT2D eigenvalue weighted by atomic mass is 32.2. The smallest absolute Gasteiger partial charge is 0.320 e. The van der Waals surface area contributed by atoms with Gasteiger partial charge in [-0.25, -0.2) is 8.42 Å². The second kappa shape index (κ2) is 5.64. The number of hydrogen-bond donors (Lipinski definition) is 2. The van der Waals surface area contributed by atoms with Gasteiger partial charge >= 0.3 is 5.97 Å². The maximum absolute atomic E-state index is 11.3. The molecule has 0 spiro atoms. The lowest BCUT2D eigenvalue weighted by Gasteiger charge is -2.02. The van der Waals surface area contributed by atoms with Crippen molar-refractivity contribution in [1.82, 2.24) is 9.78 Å². The van der Waals surface area contributed by atoms with Gasteiger partial charge in [0.2, 0.25) is 10.0 Å². The Hall–Kier alpha value is -1.61. The Morgan fingerprint density at radius 1 is 1.65 bits per heavy atom. The Kier molecular flexibility index (Phi) is 4.46. The standard InChI is InChI=1S/C8H13N3O5S/c1-16-3-2-11-5-7(4-9-11)10-17(14,15)6-8(12)13/h4-5,10H,2-3,6H2,1H3,(H,12,13). The predicted octanol–water partition coefficient (Wildman–Crippen LogP) is -0.644. The van der Waals surface area contributed by atoms with Crippen LogP contribution < -0.4 is 4.72 Å². The summed E-state index contributed by atoms with van der Waals surface area (Å²) in [6.45, 7) is 0.931. The second-order valence-corrected chi connectivity index (χ2v) is 4.96. The lowest BCUT2D eigenvalue weighted by atomic mass is 10.6. The largest absolute Gasteiger partial charge is 0.480 e. The molecule has 1 heterocycles. The summed E-state index contributed by atoms with van der Waals surface area (Å²) < 4.78 is 31.0. The van der Waals surface area contributed by atoms with Crippen molar-refractivity contribution >= 4 is 21.7 Å². The lowest BCUT2D eigenvalue weighted by molar-refractivity contribution is -0.134. The van der Waals surface area contributed by atoms with Crippen molar-refractivity contribution in [3.63, 3.8) is 0 Å². The van der Waals surface area contributed by atoms with Crippen LogP contribution in [0.1, 0.15) is 0 Å². The maximum atomic E-state index is 11.3. The van der Waals surface area contributed by atoms with Crippen LogP contribution in [0.5, 0.6) is 0 Å². The van der Waals surface area contributed by atoms with Crippen molar-refractivity contribution in [3.05, 3.63) is 12.4 Å². The van der Waals surface area contributed by atoms with E-state index in [2.05, 4.69) is 9.82 Å². The summed E-state index contributed by atoms with van der Waals surface area (Å²) in [4.78, 5) is 10.3. The minimum Gasteiger partial charge on any atom is -0.480 e. The first-order chi connectivity index (χ1) is 7.93. The van der Waals surface area contributed by atoms with Crippen molar-refractivity contribution in [3.8, 4) is 0 Å². The zero-order chi connectivity index (χ0) is 12.9. The molecular weight excluding hydrogens is 250 g/mol. The van der Waals surface area contributed by atoms with Gasteiger partial charge in [0.05, 0.1) is 25.0 Å². The van der Waals surface area contributed by atoms with Crippen molar-refractivity contribution in [2.24, 2.45) is 0 Å². The predicted molar refractivity (Wildman–Crippen MR) is 59.1 cm³/mol. The first-order valence-electron chi connectivity index (χ1n) is 4.66. The average molecular weight is 263 g/mol. The van der Waals surface area contributed by atoms with Crippen LogP contribution in [-0.4, -0.2) is 48.7 Å². The normalized spacial score (nSPS) is 11.4. The van der Waals surface area contributed by atoms with E-state index in [4.69, 9.17) is 9.84 Å². The SMILES string of the molecule is COCCn1cc(NS(=O)(=O)CC(=O)O)cn1. The minimum absolute atomic E-state index is 0.224. The molecule has 8 nitrogen and oxygen atoms in total. The number of hydrogen-bond acceptors (Lipinski definition) is 5. The molecule has 0 aromatic carbocycles. The number of ether oxygens (including phenoxy) is 1. The Labute approximate surface area is 98.2 Å². The van der Waals surface area contributed by atoms with E-state index in [0.717, 1.165) is 0 Å². The first-order valence-corrected chi connectivity index (χ1v) is 6.32. The molecule has 1 rings (SSSR count). The average Bonchev–Trinajstić information content (AvgIpc) is 2.59. The van der Waals surface area contributed by atoms with E-state index in [-0.39, 0.29) is 5.69 Å².